The molecule has 0 unspecified atom stereocenters. The summed E-state index contributed by atoms with van der Waals surface area (Å²) < 4.78 is 16.4. The van der Waals surface area contributed by atoms with Gasteiger partial charge in [0.05, 0.1) is 5.02 Å². The lowest BCUT2D eigenvalue weighted by atomic mass is 10.2. The van der Waals surface area contributed by atoms with Crippen LogP contribution in [0.1, 0.15) is 11.1 Å². The van der Waals surface area contributed by atoms with Crippen molar-refractivity contribution in [1.29, 1.82) is 0 Å². The molecular weight excluding hydrogens is 290 g/mol. The third kappa shape index (κ3) is 3.23. The van der Waals surface area contributed by atoms with Crippen molar-refractivity contribution < 1.29 is 14.2 Å². The van der Waals surface area contributed by atoms with Crippen molar-refractivity contribution in [2.24, 2.45) is 0 Å². The number of nitrogens with one attached hydrogen (secondary N) is 1. The van der Waals surface area contributed by atoms with Crippen LogP contribution in [0.3, 0.4) is 0 Å². The molecule has 3 rings (SSSR count). The largest absolute Gasteiger partial charge is 0.489 e. The van der Waals surface area contributed by atoms with Gasteiger partial charge in [0.2, 0.25) is 6.79 Å². The molecule has 0 bridgehead atoms. The van der Waals surface area contributed by atoms with Gasteiger partial charge in [0, 0.05) is 6.54 Å². The maximum Gasteiger partial charge on any atom is 0.231 e. The summed E-state index contributed by atoms with van der Waals surface area (Å²) in [5.74, 6) is 2.10. The molecule has 0 aliphatic carbocycles. The molecule has 21 heavy (non-hydrogen) atoms. The summed E-state index contributed by atoms with van der Waals surface area (Å²) in [6.45, 7) is 1.49. The molecule has 1 aliphatic heterocycles. The smallest absolute Gasteiger partial charge is 0.231 e. The van der Waals surface area contributed by atoms with E-state index in [2.05, 4.69) is 5.32 Å². The molecule has 2 aromatic rings. The van der Waals surface area contributed by atoms with Gasteiger partial charge in [-0.3, -0.25) is 0 Å². The Bertz CT molecular complexity index is 628. The lowest BCUT2D eigenvalue weighted by Gasteiger charge is -2.09. The Labute approximate surface area is 128 Å². The average Bonchev–Trinajstić information content (AvgIpc) is 2.96. The Morgan fingerprint density at radius 3 is 2.71 bits per heavy atom. The van der Waals surface area contributed by atoms with E-state index in [-0.39, 0.29) is 6.79 Å². The first-order valence-corrected chi connectivity index (χ1v) is 7.08. The van der Waals surface area contributed by atoms with E-state index in [1.165, 1.54) is 5.56 Å². The van der Waals surface area contributed by atoms with E-state index >= 15 is 0 Å². The molecule has 1 N–H and O–H groups in total. The molecule has 0 saturated carbocycles. The molecule has 4 nitrogen and oxygen atoms in total. The van der Waals surface area contributed by atoms with Crippen molar-refractivity contribution >= 4 is 11.6 Å². The van der Waals surface area contributed by atoms with Gasteiger partial charge in [0.25, 0.3) is 0 Å². The highest BCUT2D eigenvalue weighted by Gasteiger charge is 2.18. The van der Waals surface area contributed by atoms with Crippen LogP contribution in [0.4, 0.5) is 0 Å². The van der Waals surface area contributed by atoms with Crippen LogP contribution >= 0.6 is 11.6 Å². The van der Waals surface area contributed by atoms with Crippen LogP contribution in [-0.4, -0.2) is 13.8 Å². The minimum Gasteiger partial charge on any atom is -0.489 e. The van der Waals surface area contributed by atoms with Gasteiger partial charge in [0.1, 0.15) is 12.4 Å². The van der Waals surface area contributed by atoms with E-state index in [0.717, 1.165) is 17.9 Å². The molecule has 2 aromatic carbocycles. The highest BCUT2D eigenvalue weighted by Crippen LogP contribution is 2.39. The first-order chi connectivity index (χ1) is 10.3. The van der Waals surface area contributed by atoms with E-state index in [1.807, 2.05) is 43.4 Å². The molecule has 0 fully saturated rings. The van der Waals surface area contributed by atoms with Gasteiger partial charge in [-0.15, -0.1) is 0 Å². The van der Waals surface area contributed by atoms with Gasteiger partial charge in [-0.05, 0) is 42.4 Å². The van der Waals surface area contributed by atoms with Crippen molar-refractivity contribution in [3.05, 3.63) is 52.5 Å². The molecule has 0 saturated heterocycles. The number of halogens is 1. The third-order valence-corrected chi connectivity index (χ3v) is 3.48. The van der Waals surface area contributed by atoms with E-state index in [4.69, 9.17) is 25.8 Å². The van der Waals surface area contributed by atoms with Gasteiger partial charge in [-0.1, -0.05) is 23.7 Å². The first-order valence-electron chi connectivity index (χ1n) is 6.70. The molecule has 110 valence electrons. The molecule has 0 amide bonds. The topological polar surface area (TPSA) is 39.7 Å². The van der Waals surface area contributed by atoms with Crippen molar-refractivity contribution in [1.82, 2.24) is 5.32 Å². The number of benzene rings is 2. The second-order valence-corrected chi connectivity index (χ2v) is 5.18. The summed E-state index contributed by atoms with van der Waals surface area (Å²) in [6.07, 6.45) is 0. The van der Waals surface area contributed by atoms with Crippen LogP contribution in [0.2, 0.25) is 5.02 Å². The van der Waals surface area contributed by atoms with Gasteiger partial charge in [-0.25, -0.2) is 0 Å². The van der Waals surface area contributed by atoms with Crippen molar-refractivity contribution in [2.75, 3.05) is 13.8 Å². The quantitative estimate of drug-likeness (QED) is 0.919. The molecule has 1 aliphatic rings. The minimum atomic E-state index is 0.215. The van der Waals surface area contributed by atoms with E-state index in [9.17, 15) is 0 Å². The van der Waals surface area contributed by atoms with Gasteiger partial charge in [0.15, 0.2) is 11.5 Å². The molecular formula is C16H16ClNO3. The fourth-order valence-electron chi connectivity index (χ4n) is 2.18. The lowest BCUT2D eigenvalue weighted by molar-refractivity contribution is 0.174. The SMILES string of the molecule is CNCc1ccc(OCc2cc(Cl)c3c(c2)OCO3)cc1. The summed E-state index contributed by atoms with van der Waals surface area (Å²) in [4.78, 5) is 0. The van der Waals surface area contributed by atoms with Gasteiger partial charge in [-0.2, -0.15) is 0 Å². The fraction of sp³-hybridized carbons (Fsp3) is 0.250. The monoisotopic (exact) mass is 305 g/mol. The normalized spacial score (nSPS) is 12.5. The first kappa shape index (κ1) is 14.0. The summed E-state index contributed by atoms with van der Waals surface area (Å²) in [7, 11) is 1.92. The Balaban J connectivity index is 1.66. The number of hydrogen-bond donors (Lipinski definition) is 1. The van der Waals surface area contributed by atoms with Crippen LogP contribution in [0, 0.1) is 0 Å². The lowest BCUT2D eigenvalue weighted by Crippen LogP contribution is -2.04. The van der Waals surface area contributed by atoms with Gasteiger partial charge < -0.3 is 19.5 Å². The zero-order chi connectivity index (χ0) is 14.7. The predicted molar refractivity (Wildman–Crippen MR) is 81.1 cm³/mol. The maximum absolute atomic E-state index is 6.14. The minimum absolute atomic E-state index is 0.215. The van der Waals surface area contributed by atoms with E-state index in [0.29, 0.717) is 23.1 Å². The van der Waals surface area contributed by atoms with Crippen LogP contribution in [0.25, 0.3) is 0 Å². The van der Waals surface area contributed by atoms with Crippen LogP contribution in [0.5, 0.6) is 17.2 Å². The Hall–Kier alpha value is -1.91. The molecule has 0 radical (unpaired) electrons. The standard InChI is InChI=1S/C16H16ClNO3/c1-18-8-11-2-4-13(5-3-11)19-9-12-6-14(17)16-15(7-12)20-10-21-16/h2-7,18H,8-10H2,1H3. The number of rotatable bonds is 5. The summed E-state index contributed by atoms with van der Waals surface area (Å²) >= 11 is 6.14. The fourth-order valence-corrected chi connectivity index (χ4v) is 2.47. The van der Waals surface area contributed by atoms with Gasteiger partial charge >= 0.3 is 0 Å². The molecule has 1 heterocycles. The Morgan fingerprint density at radius 1 is 1.14 bits per heavy atom. The summed E-state index contributed by atoms with van der Waals surface area (Å²) in [6, 6.07) is 11.7. The molecule has 0 spiro atoms. The molecule has 5 heteroatoms. The highest BCUT2D eigenvalue weighted by atomic mass is 35.5. The van der Waals surface area contributed by atoms with E-state index in [1.54, 1.807) is 0 Å². The third-order valence-electron chi connectivity index (χ3n) is 3.20. The Morgan fingerprint density at radius 2 is 1.95 bits per heavy atom. The van der Waals surface area contributed by atoms with Crippen LogP contribution in [-0.2, 0) is 13.2 Å². The number of fused-ring (bicyclic) bond motifs is 1. The second-order valence-electron chi connectivity index (χ2n) is 4.77. The van der Waals surface area contributed by atoms with Crippen LogP contribution < -0.4 is 19.5 Å². The van der Waals surface area contributed by atoms with E-state index < -0.39 is 0 Å². The second kappa shape index (κ2) is 6.24. The van der Waals surface area contributed by atoms with Crippen molar-refractivity contribution in [3.63, 3.8) is 0 Å². The number of ether oxygens (including phenoxy) is 3. The Kier molecular flexibility index (Phi) is 4.18. The highest BCUT2D eigenvalue weighted by molar-refractivity contribution is 6.32. The van der Waals surface area contributed by atoms with Crippen LogP contribution in [0.15, 0.2) is 36.4 Å². The maximum atomic E-state index is 6.14. The summed E-state index contributed by atoms with van der Waals surface area (Å²) in [5.41, 5.74) is 2.17. The molecule has 0 atom stereocenters. The number of hydrogen-bond acceptors (Lipinski definition) is 4. The summed E-state index contributed by atoms with van der Waals surface area (Å²) in [5, 5.41) is 3.66. The van der Waals surface area contributed by atoms with Crippen molar-refractivity contribution in [3.8, 4) is 17.2 Å². The predicted octanol–water partition coefficient (Wildman–Crippen LogP) is 3.37. The van der Waals surface area contributed by atoms with Crippen molar-refractivity contribution in [2.45, 2.75) is 13.2 Å². The zero-order valence-electron chi connectivity index (χ0n) is 11.7. The average molecular weight is 306 g/mol. The molecule has 0 aromatic heterocycles. The zero-order valence-corrected chi connectivity index (χ0v) is 12.4.